The fourth-order valence-electron chi connectivity index (χ4n) is 2.38. The Labute approximate surface area is 170 Å². The molecule has 1 heterocycles. The van der Waals surface area contributed by atoms with Crippen LogP contribution >= 0.6 is 15.9 Å². The molecule has 0 aliphatic heterocycles. The largest absolute Gasteiger partial charge is 0.497 e. The smallest absolute Gasteiger partial charge is 0.272 e. The monoisotopic (exact) mass is 440 g/mol. The number of ether oxygens (including phenoxy) is 1. The van der Waals surface area contributed by atoms with Crippen LogP contribution in [0, 0.1) is 0 Å². The summed E-state index contributed by atoms with van der Waals surface area (Å²) < 4.78 is 11.0. The minimum atomic E-state index is -0.484. The van der Waals surface area contributed by atoms with Gasteiger partial charge in [-0.1, -0.05) is 12.1 Å². The zero-order valence-corrected chi connectivity index (χ0v) is 16.5. The Kier molecular flexibility index (Phi) is 6.29. The van der Waals surface area contributed by atoms with Crippen LogP contribution in [0.3, 0.4) is 0 Å². The van der Waals surface area contributed by atoms with Crippen molar-refractivity contribution >= 4 is 39.5 Å². The third-order valence-corrected chi connectivity index (χ3v) is 4.48. The van der Waals surface area contributed by atoms with Gasteiger partial charge >= 0.3 is 0 Å². The van der Waals surface area contributed by atoms with Gasteiger partial charge in [-0.25, -0.2) is 0 Å². The van der Waals surface area contributed by atoms with Crippen molar-refractivity contribution in [3.63, 3.8) is 0 Å². The second kappa shape index (κ2) is 9.05. The number of furan rings is 1. The molecule has 2 N–H and O–H groups in total. The quantitative estimate of drug-likeness (QED) is 0.554. The van der Waals surface area contributed by atoms with Gasteiger partial charge in [0.15, 0.2) is 0 Å². The molecule has 3 rings (SSSR count). The molecule has 0 aliphatic rings. The Morgan fingerprint density at radius 3 is 2.43 bits per heavy atom. The predicted octanol–water partition coefficient (Wildman–Crippen LogP) is 4.46. The normalized spacial score (nSPS) is 11.0. The van der Waals surface area contributed by atoms with Gasteiger partial charge in [0.25, 0.3) is 11.8 Å². The van der Waals surface area contributed by atoms with Crippen molar-refractivity contribution < 1.29 is 18.7 Å². The van der Waals surface area contributed by atoms with Crippen LogP contribution in [0.1, 0.15) is 16.1 Å². The van der Waals surface area contributed by atoms with E-state index >= 15 is 0 Å². The van der Waals surface area contributed by atoms with Crippen molar-refractivity contribution in [1.29, 1.82) is 0 Å². The molecule has 6 nitrogen and oxygen atoms in total. The maximum absolute atomic E-state index is 12.8. The van der Waals surface area contributed by atoms with Crippen LogP contribution in [0.2, 0.25) is 0 Å². The summed E-state index contributed by atoms with van der Waals surface area (Å²) in [5.74, 6) is 0.205. The van der Waals surface area contributed by atoms with Gasteiger partial charge in [0, 0.05) is 16.2 Å². The molecule has 2 amide bonds. The zero-order valence-electron chi connectivity index (χ0n) is 14.9. The number of halogens is 1. The van der Waals surface area contributed by atoms with Crippen LogP contribution in [-0.4, -0.2) is 18.9 Å². The maximum atomic E-state index is 12.8. The summed E-state index contributed by atoms with van der Waals surface area (Å²) in [4.78, 5) is 25.4. The van der Waals surface area contributed by atoms with Gasteiger partial charge in [-0.05, 0) is 64.5 Å². The third kappa shape index (κ3) is 4.89. The molecule has 7 heteroatoms. The van der Waals surface area contributed by atoms with Gasteiger partial charge in [-0.15, -0.1) is 0 Å². The average Bonchev–Trinajstić information content (AvgIpc) is 3.21. The fraction of sp³-hybridized carbons (Fsp3) is 0.0476. The van der Waals surface area contributed by atoms with Gasteiger partial charge in [0.1, 0.15) is 17.2 Å². The lowest BCUT2D eigenvalue weighted by Crippen LogP contribution is -2.30. The average molecular weight is 441 g/mol. The van der Waals surface area contributed by atoms with E-state index in [0.717, 1.165) is 0 Å². The predicted molar refractivity (Wildman–Crippen MR) is 110 cm³/mol. The number of hydrogen-bond acceptors (Lipinski definition) is 4. The summed E-state index contributed by atoms with van der Waals surface area (Å²) in [5, 5.41) is 5.40. The summed E-state index contributed by atoms with van der Waals surface area (Å²) in [7, 11) is 1.56. The van der Waals surface area contributed by atoms with Gasteiger partial charge < -0.3 is 19.8 Å². The SMILES string of the molecule is COc1ccc(NC(=O)C(=Cc2ccco2)NC(=O)c2ccccc2Br)cc1. The number of carbonyl (C=O) groups excluding carboxylic acids is 2. The van der Waals surface area contributed by atoms with Crippen LogP contribution in [-0.2, 0) is 4.79 Å². The minimum Gasteiger partial charge on any atom is -0.497 e. The summed E-state index contributed by atoms with van der Waals surface area (Å²) in [6.45, 7) is 0. The number of benzene rings is 2. The summed E-state index contributed by atoms with van der Waals surface area (Å²) in [6, 6.07) is 17.2. The minimum absolute atomic E-state index is 0.0477. The van der Waals surface area contributed by atoms with E-state index in [2.05, 4.69) is 26.6 Å². The fourth-order valence-corrected chi connectivity index (χ4v) is 2.85. The molecule has 142 valence electrons. The first kappa shape index (κ1) is 19.4. The molecule has 3 aromatic rings. The standard InChI is InChI=1S/C21H17BrN2O4/c1-27-15-10-8-14(9-11-15)23-21(26)19(13-16-5-4-12-28-16)24-20(25)17-6-2-3-7-18(17)22/h2-13H,1H3,(H,23,26)(H,24,25). The van der Waals surface area contributed by atoms with Crippen LogP contribution in [0.25, 0.3) is 6.08 Å². The van der Waals surface area contributed by atoms with Gasteiger partial charge in [-0.3, -0.25) is 9.59 Å². The molecule has 0 spiro atoms. The molecular formula is C21H17BrN2O4. The number of rotatable bonds is 6. The van der Waals surface area contributed by atoms with Crippen molar-refractivity contribution in [2.45, 2.75) is 0 Å². The maximum Gasteiger partial charge on any atom is 0.272 e. The van der Waals surface area contributed by atoms with Gasteiger partial charge in [-0.2, -0.15) is 0 Å². The highest BCUT2D eigenvalue weighted by atomic mass is 79.9. The van der Waals surface area contributed by atoms with E-state index < -0.39 is 11.8 Å². The van der Waals surface area contributed by atoms with Crippen LogP contribution in [0.4, 0.5) is 5.69 Å². The zero-order chi connectivity index (χ0) is 19.9. The van der Waals surface area contributed by atoms with Crippen LogP contribution < -0.4 is 15.4 Å². The number of methoxy groups -OCH3 is 1. The van der Waals surface area contributed by atoms with E-state index in [0.29, 0.717) is 27.2 Å². The Balaban J connectivity index is 1.83. The van der Waals surface area contributed by atoms with Crippen molar-refractivity contribution in [2.24, 2.45) is 0 Å². The lowest BCUT2D eigenvalue weighted by atomic mass is 10.2. The summed E-state index contributed by atoms with van der Waals surface area (Å²) >= 11 is 3.34. The molecule has 0 aliphatic carbocycles. The van der Waals surface area contributed by atoms with E-state index in [9.17, 15) is 9.59 Å². The molecule has 0 unspecified atom stereocenters. The number of nitrogens with one attached hydrogen (secondary N) is 2. The number of hydrogen-bond donors (Lipinski definition) is 2. The molecule has 2 aromatic carbocycles. The van der Waals surface area contributed by atoms with E-state index in [1.807, 2.05) is 0 Å². The highest BCUT2D eigenvalue weighted by molar-refractivity contribution is 9.10. The van der Waals surface area contributed by atoms with Crippen LogP contribution in [0.15, 0.2) is 81.5 Å². The molecule has 1 aromatic heterocycles. The van der Waals surface area contributed by atoms with Gasteiger partial charge in [0.05, 0.1) is 18.9 Å². The first-order valence-electron chi connectivity index (χ1n) is 8.33. The number of carbonyl (C=O) groups is 2. The Morgan fingerprint density at radius 1 is 1.04 bits per heavy atom. The summed E-state index contributed by atoms with van der Waals surface area (Å²) in [5.41, 5.74) is 1.02. The molecule has 0 fully saturated rings. The van der Waals surface area contributed by atoms with Crippen LogP contribution in [0.5, 0.6) is 5.75 Å². The van der Waals surface area contributed by atoms with Crippen molar-refractivity contribution in [1.82, 2.24) is 5.32 Å². The van der Waals surface area contributed by atoms with E-state index in [1.54, 1.807) is 67.8 Å². The van der Waals surface area contributed by atoms with E-state index in [-0.39, 0.29) is 5.70 Å². The lowest BCUT2D eigenvalue weighted by molar-refractivity contribution is -0.113. The Morgan fingerprint density at radius 2 is 1.79 bits per heavy atom. The molecule has 0 saturated carbocycles. The van der Waals surface area contributed by atoms with Crippen molar-refractivity contribution in [2.75, 3.05) is 12.4 Å². The number of anilines is 1. The molecule has 0 radical (unpaired) electrons. The Bertz CT molecular complexity index is 996. The second-order valence-corrected chi connectivity index (χ2v) is 6.54. The highest BCUT2D eigenvalue weighted by Gasteiger charge is 2.17. The summed E-state index contributed by atoms with van der Waals surface area (Å²) in [6.07, 6.45) is 2.95. The topological polar surface area (TPSA) is 80.6 Å². The van der Waals surface area contributed by atoms with E-state index in [4.69, 9.17) is 9.15 Å². The first-order valence-corrected chi connectivity index (χ1v) is 9.12. The molecule has 28 heavy (non-hydrogen) atoms. The molecule has 0 saturated heterocycles. The molecule has 0 bridgehead atoms. The van der Waals surface area contributed by atoms with Crippen molar-refractivity contribution in [3.05, 3.63) is 88.4 Å². The van der Waals surface area contributed by atoms with E-state index in [1.165, 1.54) is 12.3 Å². The van der Waals surface area contributed by atoms with Crippen molar-refractivity contribution in [3.8, 4) is 5.75 Å². The van der Waals surface area contributed by atoms with Gasteiger partial charge in [0.2, 0.25) is 0 Å². The highest BCUT2D eigenvalue weighted by Crippen LogP contribution is 2.18. The molecular weight excluding hydrogens is 424 g/mol. The lowest BCUT2D eigenvalue weighted by Gasteiger charge is -2.12. The third-order valence-electron chi connectivity index (χ3n) is 3.79. The molecule has 0 atom stereocenters. The second-order valence-electron chi connectivity index (χ2n) is 5.69. The first-order chi connectivity index (χ1) is 13.6. The Hall–Kier alpha value is -3.32. The number of amides is 2.